The summed E-state index contributed by atoms with van der Waals surface area (Å²) in [5.41, 5.74) is 0. The fourth-order valence-corrected chi connectivity index (χ4v) is 3.40. The van der Waals surface area contributed by atoms with Crippen molar-refractivity contribution in [3.05, 3.63) is 0 Å². The fourth-order valence-electron chi connectivity index (χ4n) is 3.40. The maximum absolute atomic E-state index is 11.4. The number of methoxy groups -OCH3 is 8. The second kappa shape index (κ2) is 27.7. The molecule has 0 radical (unpaired) electrons. The molecule has 276 valence electrons. The van der Waals surface area contributed by atoms with Gasteiger partial charge < -0.3 is 37.9 Å². The van der Waals surface area contributed by atoms with Gasteiger partial charge in [0.1, 0.15) is 0 Å². The summed E-state index contributed by atoms with van der Waals surface area (Å²) in [6.45, 7) is -0.151. The van der Waals surface area contributed by atoms with E-state index in [2.05, 4.69) is 37.9 Å². The lowest BCUT2D eigenvalue weighted by Crippen LogP contribution is -2.44. The van der Waals surface area contributed by atoms with Gasteiger partial charge >= 0.3 is 47.8 Å². The summed E-state index contributed by atoms with van der Waals surface area (Å²) in [6.07, 6.45) is 0. The standard InChI is InChI=1S/2C14H24N2O8/c2*1-21-11(17)7-15(8-12(18)22-2)5-6-16(9-13(19)23-3)10-14(20)24-4/h2*5-10H2,1-4H3. The molecule has 0 aliphatic carbocycles. The lowest BCUT2D eigenvalue weighted by atomic mass is 10.4. The van der Waals surface area contributed by atoms with Crippen LogP contribution in [0, 0.1) is 0 Å². The van der Waals surface area contributed by atoms with E-state index in [4.69, 9.17) is 0 Å². The molecule has 0 rings (SSSR count). The second-order valence-electron chi connectivity index (χ2n) is 9.45. The van der Waals surface area contributed by atoms with E-state index in [0.29, 0.717) is 0 Å². The third-order valence-corrected chi connectivity index (χ3v) is 6.11. The molecular weight excluding hydrogens is 648 g/mol. The highest BCUT2D eigenvalue weighted by molar-refractivity contribution is 5.77. The number of nitrogens with zero attached hydrogens (tertiary/aromatic N) is 4. The highest BCUT2D eigenvalue weighted by Crippen LogP contribution is 1.99. The maximum atomic E-state index is 11.4. The summed E-state index contributed by atoms with van der Waals surface area (Å²) in [6, 6.07) is 0. The fraction of sp³-hybridized carbons (Fsp3) is 0.714. The highest BCUT2D eigenvalue weighted by Gasteiger charge is 2.21. The molecule has 0 amide bonds. The Hall–Kier alpha value is -4.40. The van der Waals surface area contributed by atoms with E-state index in [1.165, 1.54) is 76.5 Å². The van der Waals surface area contributed by atoms with Crippen LogP contribution in [0.1, 0.15) is 0 Å². The van der Waals surface area contributed by atoms with Crippen LogP contribution in [0.3, 0.4) is 0 Å². The summed E-state index contributed by atoms with van der Waals surface area (Å²) in [5.74, 6) is -4.17. The van der Waals surface area contributed by atoms with Crippen LogP contribution in [0.4, 0.5) is 0 Å². The number of hydrogen-bond donors (Lipinski definition) is 0. The number of carbonyl (C=O) groups is 8. The van der Waals surface area contributed by atoms with Crippen molar-refractivity contribution in [1.82, 2.24) is 19.6 Å². The Labute approximate surface area is 279 Å². The van der Waals surface area contributed by atoms with Gasteiger partial charge in [0, 0.05) is 26.2 Å². The first-order valence-electron chi connectivity index (χ1n) is 14.2. The summed E-state index contributed by atoms with van der Waals surface area (Å²) in [5, 5.41) is 0. The van der Waals surface area contributed by atoms with E-state index in [1.807, 2.05) is 0 Å². The number of esters is 8. The minimum absolute atomic E-state index is 0.129. The van der Waals surface area contributed by atoms with Crippen molar-refractivity contribution in [3.63, 3.8) is 0 Å². The molecule has 48 heavy (non-hydrogen) atoms. The Kier molecular flexibility index (Phi) is 26.4. The van der Waals surface area contributed by atoms with E-state index in [9.17, 15) is 38.4 Å². The molecule has 0 saturated carbocycles. The van der Waals surface area contributed by atoms with Crippen molar-refractivity contribution in [2.45, 2.75) is 0 Å². The van der Waals surface area contributed by atoms with Gasteiger partial charge in [-0.25, -0.2) is 0 Å². The van der Waals surface area contributed by atoms with Crippen molar-refractivity contribution in [2.24, 2.45) is 0 Å². The minimum Gasteiger partial charge on any atom is -0.468 e. The molecule has 0 N–H and O–H groups in total. The summed E-state index contributed by atoms with van der Waals surface area (Å²) in [4.78, 5) is 97.2. The van der Waals surface area contributed by atoms with Crippen LogP contribution in [-0.2, 0) is 76.3 Å². The first-order valence-corrected chi connectivity index (χ1v) is 14.2. The molecule has 0 spiro atoms. The van der Waals surface area contributed by atoms with Crippen LogP contribution >= 0.6 is 0 Å². The van der Waals surface area contributed by atoms with Crippen molar-refractivity contribution >= 4 is 47.8 Å². The third-order valence-electron chi connectivity index (χ3n) is 6.11. The summed E-state index contributed by atoms with van der Waals surface area (Å²) >= 11 is 0. The van der Waals surface area contributed by atoms with Crippen molar-refractivity contribution in [3.8, 4) is 0 Å². The number of ether oxygens (including phenoxy) is 8. The summed E-state index contributed by atoms with van der Waals surface area (Å²) in [7, 11) is 9.88. The molecule has 0 saturated heterocycles. The Balaban J connectivity index is 0. The molecule has 0 aromatic heterocycles. The highest BCUT2D eigenvalue weighted by atomic mass is 16.5. The number of rotatable bonds is 22. The van der Waals surface area contributed by atoms with Gasteiger partial charge in [-0.1, -0.05) is 0 Å². The second-order valence-corrected chi connectivity index (χ2v) is 9.45. The SMILES string of the molecule is COC(=O)CN(CCN(CC(=O)OC)CC(=O)OC)CC(=O)OC.COC(=O)CN(CCN(CC(=O)OC)CC(=O)OC)CC(=O)OC. The van der Waals surface area contributed by atoms with E-state index in [-0.39, 0.29) is 78.5 Å². The molecule has 0 aromatic carbocycles. The molecule has 0 aromatic rings. The Morgan fingerprint density at radius 2 is 0.375 bits per heavy atom. The van der Waals surface area contributed by atoms with Crippen LogP contribution in [0.15, 0.2) is 0 Å². The predicted octanol–water partition coefficient (Wildman–Crippen LogP) is -3.44. The predicted molar refractivity (Wildman–Crippen MR) is 162 cm³/mol. The lowest BCUT2D eigenvalue weighted by Gasteiger charge is -2.25. The van der Waals surface area contributed by atoms with Gasteiger partial charge in [-0.05, 0) is 0 Å². The summed E-state index contributed by atoms with van der Waals surface area (Å²) < 4.78 is 36.6. The molecule has 0 aliphatic rings. The topological polar surface area (TPSA) is 223 Å². The van der Waals surface area contributed by atoms with Crippen molar-refractivity contribution in [1.29, 1.82) is 0 Å². The quantitative estimate of drug-likeness (QED) is 0.0793. The van der Waals surface area contributed by atoms with Gasteiger partial charge in [-0.15, -0.1) is 0 Å². The maximum Gasteiger partial charge on any atom is 0.319 e. The van der Waals surface area contributed by atoms with Crippen LogP contribution in [-0.4, -0.2) is 203 Å². The number of hydrogen-bond acceptors (Lipinski definition) is 20. The van der Waals surface area contributed by atoms with Crippen LogP contribution in [0.25, 0.3) is 0 Å². The molecule has 0 unspecified atom stereocenters. The normalized spacial score (nSPS) is 10.4. The van der Waals surface area contributed by atoms with Crippen LogP contribution in [0.2, 0.25) is 0 Å². The molecular formula is C28H48N4O16. The van der Waals surface area contributed by atoms with Crippen molar-refractivity contribution < 1.29 is 76.3 Å². The molecule has 20 nitrogen and oxygen atoms in total. The lowest BCUT2D eigenvalue weighted by molar-refractivity contribution is -0.148. The Morgan fingerprint density at radius 3 is 0.458 bits per heavy atom. The van der Waals surface area contributed by atoms with Gasteiger partial charge in [0.2, 0.25) is 0 Å². The van der Waals surface area contributed by atoms with Gasteiger partial charge in [-0.3, -0.25) is 58.0 Å². The number of carbonyl (C=O) groups excluding carboxylic acids is 8. The Bertz CT molecular complexity index is 809. The van der Waals surface area contributed by atoms with E-state index in [0.717, 1.165) is 0 Å². The minimum atomic E-state index is -0.522. The third kappa shape index (κ3) is 23.9. The first kappa shape index (κ1) is 45.7. The molecule has 0 atom stereocenters. The van der Waals surface area contributed by atoms with Crippen LogP contribution < -0.4 is 0 Å². The zero-order valence-corrected chi connectivity index (χ0v) is 28.8. The van der Waals surface area contributed by atoms with Gasteiger partial charge in [0.25, 0.3) is 0 Å². The van der Waals surface area contributed by atoms with Gasteiger partial charge in [0.15, 0.2) is 0 Å². The zero-order chi connectivity index (χ0) is 37.1. The molecule has 20 heteroatoms. The average molecular weight is 697 g/mol. The van der Waals surface area contributed by atoms with E-state index in [1.54, 1.807) is 0 Å². The molecule has 0 bridgehead atoms. The first-order chi connectivity index (χ1) is 22.7. The van der Waals surface area contributed by atoms with Crippen LogP contribution in [0.5, 0.6) is 0 Å². The molecule has 0 aliphatic heterocycles. The molecule has 0 heterocycles. The average Bonchev–Trinajstić information content (AvgIpc) is 3.08. The zero-order valence-electron chi connectivity index (χ0n) is 28.8. The van der Waals surface area contributed by atoms with Gasteiger partial charge in [-0.2, -0.15) is 0 Å². The van der Waals surface area contributed by atoms with Gasteiger partial charge in [0.05, 0.1) is 109 Å². The van der Waals surface area contributed by atoms with E-state index < -0.39 is 47.8 Å². The van der Waals surface area contributed by atoms with E-state index >= 15 is 0 Å². The monoisotopic (exact) mass is 696 g/mol. The van der Waals surface area contributed by atoms with Crippen molar-refractivity contribution in [2.75, 3.05) is 135 Å². The smallest absolute Gasteiger partial charge is 0.319 e. The Morgan fingerprint density at radius 1 is 0.271 bits per heavy atom. The molecule has 0 fully saturated rings. The largest absolute Gasteiger partial charge is 0.468 e.